The normalized spacial score (nSPS) is 20.8. The number of nitrogens with one attached hydrogen (secondary N) is 1. The van der Waals surface area contributed by atoms with E-state index in [9.17, 15) is 0 Å². The highest BCUT2D eigenvalue weighted by Crippen LogP contribution is 2.27. The molecule has 2 heterocycles. The number of benzene rings is 1. The van der Waals surface area contributed by atoms with Crippen LogP contribution in [0.5, 0.6) is 0 Å². The summed E-state index contributed by atoms with van der Waals surface area (Å²) < 4.78 is 0. The highest BCUT2D eigenvalue weighted by molar-refractivity contribution is 5.56. The van der Waals surface area contributed by atoms with E-state index in [1.54, 1.807) is 5.56 Å². The number of likely N-dealkylation sites (tertiary alicyclic amines) is 1. The average Bonchev–Trinajstić information content (AvgIpc) is 2.48. The Morgan fingerprint density at radius 1 is 1.30 bits per heavy atom. The maximum atomic E-state index is 3.54. The topological polar surface area (TPSA) is 18.5 Å². The first kappa shape index (κ1) is 13.9. The van der Waals surface area contributed by atoms with Crippen molar-refractivity contribution in [1.82, 2.24) is 9.80 Å². The fourth-order valence-electron chi connectivity index (χ4n) is 3.57. The molecule has 0 unspecified atom stereocenters. The Kier molecular flexibility index (Phi) is 4.27. The molecule has 0 atom stereocenters. The Hall–Kier alpha value is -1.06. The molecular formula is C17H27N3. The summed E-state index contributed by atoms with van der Waals surface area (Å²) in [7, 11) is 4.53. The second-order valence-electron chi connectivity index (χ2n) is 6.42. The van der Waals surface area contributed by atoms with Crippen molar-refractivity contribution < 1.29 is 0 Å². The molecular weight excluding hydrogens is 246 g/mol. The second-order valence-corrected chi connectivity index (χ2v) is 6.42. The number of fused-ring (bicyclic) bond motifs is 1. The summed E-state index contributed by atoms with van der Waals surface area (Å²) >= 11 is 0. The number of anilines is 1. The van der Waals surface area contributed by atoms with Crippen molar-refractivity contribution in [3.63, 3.8) is 0 Å². The van der Waals surface area contributed by atoms with Gasteiger partial charge < -0.3 is 10.2 Å². The van der Waals surface area contributed by atoms with Crippen LogP contribution < -0.4 is 5.32 Å². The Bertz CT molecular complexity index is 450. The van der Waals surface area contributed by atoms with Crippen LogP contribution in [0, 0.1) is 0 Å². The minimum atomic E-state index is 0.749. The number of rotatable bonds is 3. The van der Waals surface area contributed by atoms with Gasteiger partial charge in [0, 0.05) is 24.8 Å². The molecule has 2 aliphatic rings. The number of hydrogen-bond donors (Lipinski definition) is 1. The molecule has 3 heteroatoms. The van der Waals surface area contributed by atoms with Gasteiger partial charge in [0.2, 0.25) is 0 Å². The quantitative estimate of drug-likeness (QED) is 0.913. The van der Waals surface area contributed by atoms with Gasteiger partial charge in [-0.2, -0.15) is 0 Å². The average molecular weight is 273 g/mol. The molecule has 3 rings (SSSR count). The van der Waals surface area contributed by atoms with Crippen molar-refractivity contribution in [2.75, 3.05) is 39.0 Å². The van der Waals surface area contributed by atoms with E-state index in [1.165, 1.54) is 50.0 Å². The van der Waals surface area contributed by atoms with Crippen LogP contribution in [0.25, 0.3) is 0 Å². The van der Waals surface area contributed by atoms with Gasteiger partial charge in [-0.25, -0.2) is 0 Å². The lowest BCUT2D eigenvalue weighted by Crippen LogP contribution is -2.41. The molecule has 110 valence electrons. The molecule has 0 aromatic heterocycles. The van der Waals surface area contributed by atoms with Gasteiger partial charge in [0.15, 0.2) is 0 Å². The Morgan fingerprint density at radius 2 is 2.10 bits per heavy atom. The predicted octanol–water partition coefficient (Wildman–Crippen LogP) is 2.57. The van der Waals surface area contributed by atoms with Crippen LogP contribution in [0.2, 0.25) is 0 Å². The molecule has 20 heavy (non-hydrogen) atoms. The van der Waals surface area contributed by atoms with E-state index in [4.69, 9.17) is 0 Å². The second kappa shape index (κ2) is 6.15. The molecule has 1 fully saturated rings. The Balaban J connectivity index is 1.68. The molecule has 0 radical (unpaired) electrons. The summed E-state index contributed by atoms with van der Waals surface area (Å²) in [6, 6.07) is 7.50. The van der Waals surface area contributed by atoms with E-state index in [2.05, 4.69) is 47.4 Å². The predicted molar refractivity (Wildman–Crippen MR) is 85.2 cm³/mol. The lowest BCUT2D eigenvalue weighted by molar-refractivity contribution is 0.139. The lowest BCUT2D eigenvalue weighted by atomic mass is 9.96. The zero-order valence-electron chi connectivity index (χ0n) is 12.9. The van der Waals surface area contributed by atoms with Gasteiger partial charge in [0.1, 0.15) is 0 Å². The molecule has 0 aliphatic carbocycles. The van der Waals surface area contributed by atoms with Crippen molar-refractivity contribution in [3.05, 3.63) is 29.3 Å². The smallest absolute Gasteiger partial charge is 0.0375 e. The largest absolute Gasteiger partial charge is 0.385 e. The molecule has 0 bridgehead atoms. The minimum absolute atomic E-state index is 0.749. The van der Waals surface area contributed by atoms with Gasteiger partial charge >= 0.3 is 0 Å². The van der Waals surface area contributed by atoms with Crippen LogP contribution in [-0.2, 0) is 13.0 Å². The molecule has 0 amide bonds. The third-order valence-corrected chi connectivity index (χ3v) is 4.92. The fourth-order valence-corrected chi connectivity index (χ4v) is 3.57. The first-order chi connectivity index (χ1) is 9.74. The number of hydrogen-bond acceptors (Lipinski definition) is 3. The fraction of sp³-hybridized carbons (Fsp3) is 0.647. The summed E-state index contributed by atoms with van der Waals surface area (Å²) in [6.45, 7) is 4.70. The third kappa shape index (κ3) is 2.99. The molecule has 1 aromatic carbocycles. The van der Waals surface area contributed by atoms with Gasteiger partial charge in [0.05, 0.1) is 0 Å². The minimum Gasteiger partial charge on any atom is -0.385 e. The summed E-state index contributed by atoms with van der Waals surface area (Å²) in [5.74, 6) is 0. The number of nitrogens with zero attached hydrogens (tertiary/aromatic N) is 2. The van der Waals surface area contributed by atoms with Crippen molar-refractivity contribution >= 4 is 5.69 Å². The number of piperidine rings is 1. The van der Waals surface area contributed by atoms with Crippen LogP contribution in [-0.4, -0.2) is 49.6 Å². The maximum Gasteiger partial charge on any atom is 0.0375 e. The van der Waals surface area contributed by atoms with E-state index in [1.807, 2.05) is 0 Å². The van der Waals surface area contributed by atoms with Gasteiger partial charge in [-0.15, -0.1) is 0 Å². The monoisotopic (exact) mass is 273 g/mol. The van der Waals surface area contributed by atoms with Gasteiger partial charge in [-0.1, -0.05) is 12.1 Å². The Labute approximate surface area is 123 Å². The van der Waals surface area contributed by atoms with E-state index >= 15 is 0 Å². The SMILES string of the molecule is CN1CCC(N(C)Cc2cccc3c2CCCN3)CC1. The van der Waals surface area contributed by atoms with Crippen molar-refractivity contribution in [3.8, 4) is 0 Å². The summed E-state index contributed by atoms with van der Waals surface area (Å²) in [6.07, 6.45) is 5.11. The van der Waals surface area contributed by atoms with E-state index in [0.717, 1.165) is 19.1 Å². The van der Waals surface area contributed by atoms with Crippen LogP contribution in [0.1, 0.15) is 30.4 Å². The summed E-state index contributed by atoms with van der Waals surface area (Å²) in [5.41, 5.74) is 4.44. The van der Waals surface area contributed by atoms with E-state index < -0.39 is 0 Å². The van der Waals surface area contributed by atoms with Crippen LogP contribution >= 0.6 is 0 Å². The van der Waals surface area contributed by atoms with Crippen molar-refractivity contribution in [1.29, 1.82) is 0 Å². The van der Waals surface area contributed by atoms with Crippen molar-refractivity contribution in [2.24, 2.45) is 0 Å². The lowest BCUT2D eigenvalue weighted by Gasteiger charge is -2.35. The van der Waals surface area contributed by atoms with Crippen molar-refractivity contribution in [2.45, 2.75) is 38.3 Å². The first-order valence-electron chi connectivity index (χ1n) is 7.97. The molecule has 1 aromatic rings. The summed E-state index contributed by atoms with van der Waals surface area (Å²) in [4.78, 5) is 5.01. The standard InChI is InChI=1S/C17H27N3/c1-19-11-8-15(9-12-19)20(2)13-14-5-3-7-17-16(14)6-4-10-18-17/h3,5,7,15,18H,4,6,8-13H2,1-2H3. The molecule has 1 N–H and O–H groups in total. The van der Waals surface area contributed by atoms with Crippen LogP contribution in [0.3, 0.4) is 0 Å². The van der Waals surface area contributed by atoms with Gasteiger partial charge in [0.25, 0.3) is 0 Å². The summed E-state index contributed by atoms with van der Waals surface area (Å²) in [5, 5.41) is 3.54. The van der Waals surface area contributed by atoms with Crippen LogP contribution in [0.4, 0.5) is 5.69 Å². The molecule has 2 aliphatic heterocycles. The van der Waals surface area contributed by atoms with Crippen LogP contribution in [0.15, 0.2) is 18.2 Å². The molecule has 3 nitrogen and oxygen atoms in total. The first-order valence-corrected chi connectivity index (χ1v) is 7.97. The van der Waals surface area contributed by atoms with E-state index in [-0.39, 0.29) is 0 Å². The molecule has 0 spiro atoms. The molecule has 0 saturated carbocycles. The highest BCUT2D eigenvalue weighted by Gasteiger charge is 2.21. The van der Waals surface area contributed by atoms with Gasteiger partial charge in [-0.05, 0) is 70.1 Å². The Morgan fingerprint density at radius 3 is 2.90 bits per heavy atom. The van der Waals surface area contributed by atoms with E-state index in [0.29, 0.717) is 0 Å². The molecule has 1 saturated heterocycles. The van der Waals surface area contributed by atoms with Gasteiger partial charge in [-0.3, -0.25) is 4.90 Å². The highest BCUT2D eigenvalue weighted by atomic mass is 15.2. The third-order valence-electron chi connectivity index (χ3n) is 4.92. The zero-order valence-corrected chi connectivity index (χ0v) is 12.9. The zero-order chi connectivity index (χ0) is 13.9. The maximum absolute atomic E-state index is 3.54.